The van der Waals surface area contributed by atoms with Crippen LogP contribution in [0, 0.1) is 0 Å². The van der Waals surface area contributed by atoms with Crippen molar-refractivity contribution >= 4 is 7.82 Å². The molecule has 0 bridgehead atoms. The van der Waals surface area contributed by atoms with Gasteiger partial charge in [-0.25, -0.2) is 9.36 Å². The molecular formula is C13H20N3O7P. The fourth-order valence-electron chi connectivity index (χ4n) is 2.86. The Morgan fingerprint density at radius 2 is 2.21 bits per heavy atom. The van der Waals surface area contributed by atoms with Crippen LogP contribution in [0.5, 0.6) is 0 Å². The summed E-state index contributed by atoms with van der Waals surface area (Å²) in [7, 11) is -3.76. The number of nitrogens with two attached hydrogens (primary N) is 1. The third-order valence-corrected chi connectivity index (χ3v) is 5.50. The van der Waals surface area contributed by atoms with Crippen molar-refractivity contribution in [3.63, 3.8) is 0 Å². The molecule has 1 aromatic rings. The first kappa shape index (κ1) is 17.5. The summed E-state index contributed by atoms with van der Waals surface area (Å²) >= 11 is 0. The number of ether oxygens (including phenoxy) is 1. The Hall–Kier alpha value is -1.29. The number of hydrogen-bond acceptors (Lipinski definition) is 8. The lowest BCUT2D eigenvalue weighted by Gasteiger charge is -2.36. The standard InChI is InChI=1S/C13H20N3O7P/c1-7(2)22-24(19)20-6-8-10(23-24)13(3,14)11(21-8)16-5-4-9(17)15-12(16)18/h4-5,7-8,10-11H,6,14H2,1-3H3,(H,15,17,18)/t8-,10-,11?,13-,24-/m1/s1. The number of phosphoric acid groups is 1. The van der Waals surface area contributed by atoms with Gasteiger partial charge in [0.05, 0.1) is 18.2 Å². The van der Waals surface area contributed by atoms with Gasteiger partial charge in [0.1, 0.15) is 12.2 Å². The highest BCUT2D eigenvalue weighted by Gasteiger charge is 2.59. The van der Waals surface area contributed by atoms with Gasteiger partial charge in [0.2, 0.25) is 0 Å². The molecule has 0 aromatic carbocycles. The Bertz CT molecular complexity index is 786. The van der Waals surface area contributed by atoms with E-state index < -0.39 is 43.0 Å². The maximum Gasteiger partial charge on any atom is 0.475 e. The molecule has 1 unspecified atom stereocenters. The van der Waals surface area contributed by atoms with Crippen molar-refractivity contribution in [2.45, 2.75) is 50.8 Å². The van der Waals surface area contributed by atoms with Crippen molar-refractivity contribution in [3.05, 3.63) is 33.1 Å². The van der Waals surface area contributed by atoms with Crippen LogP contribution >= 0.6 is 7.82 Å². The number of aromatic amines is 1. The first-order valence-electron chi connectivity index (χ1n) is 7.49. The molecule has 1 aromatic heterocycles. The Morgan fingerprint density at radius 3 is 2.83 bits per heavy atom. The van der Waals surface area contributed by atoms with Gasteiger partial charge in [0.25, 0.3) is 5.56 Å². The lowest BCUT2D eigenvalue weighted by molar-refractivity contribution is -0.0749. The normalized spacial score (nSPS) is 39.1. The van der Waals surface area contributed by atoms with Gasteiger partial charge >= 0.3 is 13.5 Å². The first-order valence-corrected chi connectivity index (χ1v) is 8.95. The lowest BCUT2D eigenvalue weighted by atomic mass is 9.93. The number of rotatable bonds is 3. The SMILES string of the molecule is CC(C)O[P@@]1(=O)OC[C@H]2OC(n3ccc(=O)[nH]c3=O)[C@](C)(N)[C@@H]2O1. The number of nitrogens with zero attached hydrogens (tertiary/aromatic N) is 1. The van der Waals surface area contributed by atoms with Crippen molar-refractivity contribution in [2.24, 2.45) is 5.73 Å². The van der Waals surface area contributed by atoms with Crippen LogP contribution in [0.3, 0.4) is 0 Å². The molecule has 2 fully saturated rings. The molecule has 24 heavy (non-hydrogen) atoms. The molecule has 0 saturated carbocycles. The third-order valence-electron chi connectivity index (χ3n) is 3.87. The summed E-state index contributed by atoms with van der Waals surface area (Å²) in [6, 6.07) is 1.19. The van der Waals surface area contributed by atoms with Crippen LogP contribution in [-0.4, -0.2) is 40.0 Å². The minimum Gasteiger partial charge on any atom is -0.347 e. The average molecular weight is 361 g/mol. The van der Waals surface area contributed by atoms with Gasteiger partial charge in [-0.15, -0.1) is 0 Å². The van der Waals surface area contributed by atoms with Crippen LogP contribution < -0.4 is 17.0 Å². The molecule has 3 heterocycles. The van der Waals surface area contributed by atoms with Gasteiger partial charge < -0.3 is 10.5 Å². The van der Waals surface area contributed by atoms with E-state index in [9.17, 15) is 14.2 Å². The summed E-state index contributed by atoms with van der Waals surface area (Å²) in [4.78, 5) is 25.4. The van der Waals surface area contributed by atoms with E-state index in [1.54, 1.807) is 20.8 Å². The molecule has 134 valence electrons. The molecule has 2 aliphatic rings. The number of aromatic nitrogens is 2. The van der Waals surface area contributed by atoms with Crippen LogP contribution in [0.4, 0.5) is 0 Å². The molecule has 2 saturated heterocycles. The van der Waals surface area contributed by atoms with Crippen molar-refractivity contribution in [1.82, 2.24) is 9.55 Å². The molecule has 3 rings (SSSR count). The van der Waals surface area contributed by atoms with Crippen molar-refractivity contribution < 1.29 is 22.9 Å². The number of fused-ring (bicyclic) bond motifs is 1. The molecule has 10 nitrogen and oxygen atoms in total. The molecule has 2 aliphatic heterocycles. The van der Waals surface area contributed by atoms with Crippen LogP contribution in [0.1, 0.15) is 27.0 Å². The van der Waals surface area contributed by atoms with Crippen molar-refractivity contribution in [3.8, 4) is 0 Å². The van der Waals surface area contributed by atoms with E-state index in [-0.39, 0.29) is 12.7 Å². The molecular weight excluding hydrogens is 341 g/mol. The second kappa shape index (κ2) is 5.91. The zero-order chi connectivity index (χ0) is 17.7. The Balaban J connectivity index is 1.91. The van der Waals surface area contributed by atoms with E-state index in [2.05, 4.69) is 4.98 Å². The van der Waals surface area contributed by atoms with Crippen LogP contribution in [0.15, 0.2) is 21.9 Å². The third kappa shape index (κ3) is 3.01. The van der Waals surface area contributed by atoms with Crippen LogP contribution in [-0.2, 0) is 22.9 Å². The van der Waals surface area contributed by atoms with E-state index in [1.807, 2.05) is 0 Å². The molecule has 0 amide bonds. The van der Waals surface area contributed by atoms with Crippen molar-refractivity contribution in [1.29, 1.82) is 0 Å². The molecule has 0 radical (unpaired) electrons. The smallest absolute Gasteiger partial charge is 0.347 e. The van der Waals surface area contributed by atoms with Crippen molar-refractivity contribution in [2.75, 3.05) is 6.61 Å². The predicted octanol–water partition coefficient (Wildman–Crippen LogP) is 0.0999. The molecule has 3 N–H and O–H groups in total. The molecule has 0 spiro atoms. The minimum atomic E-state index is -3.76. The highest BCUT2D eigenvalue weighted by Crippen LogP contribution is 2.58. The van der Waals surface area contributed by atoms with Gasteiger partial charge in [-0.2, -0.15) is 0 Å². The minimum absolute atomic E-state index is 0.0456. The van der Waals surface area contributed by atoms with E-state index >= 15 is 0 Å². The summed E-state index contributed by atoms with van der Waals surface area (Å²) in [5.41, 5.74) is 3.94. The second-order valence-corrected chi connectivity index (χ2v) is 7.91. The van der Waals surface area contributed by atoms with Crippen LogP contribution in [0.2, 0.25) is 0 Å². The number of hydrogen-bond donors (Lipinski definition) is 2. The van der Waals surface area contributed by atoms with E-state index in [1.165, 1.54) is 12.3 Å². The number of H-pyrrole nitrogens is 1. The summed E-state index contributed by atoms with van der Waals surface area (Å²) in [5.74, 6) is 0. The Labute approximate surface area is 137 Å². The Kier molecular flexibility index (Phi) is 4.31. The summed E-state index contributed by atoms with van der Waals surface area (Å²) in [6.07, 6.45) is -1.43. The molecule has 0 aliphatic carbocycles. The first-order chi connectivity index (χ1) is 11.1. The zero-order valence-corrected chi connectivity index (χ0v) is 14.4. The van der Waals surface area contributed by atoms with E-state index in [0.29, 0.717) is 0 Å². The van der Waals surface area contributed by atoms with E-state index in [4.69, 9.17) is 24.0 Å². The fraction of sp³-hybridized carbons (Fsp3) is 0.692. The predicted molar refractivity (Wildman–Crippen MR) is 82.5 cm³/mol. The largest absolute Gasteiger partial charge is 0.475 e. The molecule has 11 heteroatoms. The average Bonchev–Trinajstić information content (AvgIpc) is 2.69. The van der Waals surface area contributed by atoms with Gasteiger partial charge in [0, 0.05) is 12.3 Å². The van der Waals surface area contributed by atoms with E-state index in [0.717, 1.165) is 4.57 Å². The number of nitrogens with one attached hydrogen (secondary N) is 1. The Morgan fingerprint density at radius 1 is 1.50 bits per heavy atom. The zero-order valence-electron chi connectivity index (χ0n) is 13.5. The number of phosphoric ester groups is 1. The molecule has 5 atom stereocenters. The monoisotopic (exact) mass is 361 g/mol. The highest BCUT2D eigenvalue weighted by atomic mass is 31.2. The quantitative estimate of drug-likeness (QED) is 0.724. The fourth-order valence-corrected chi connectivity index (χ4v) is 4.52. The van der Waals surface area contributed by atoms with Gasteiger partial charge in [-0.05, 0) is 20.8 Å². The van der Waals surface area contributed by atoms with Gasteiger partial charge in [0.15, 0.2) is 6.23 Å². The van der Waals surface area contributed by atoms with Gasteiger partial charge in [-0.1, -0.05) is 0 Å². The lowest BCUT2D eigenvalue weighted by Crippen LogP contribution is -2.55. The van der Waals surface area contributed by atoms with Gasteiger partial charge in [-0.3, -0.25) is 27.9 Å². The summed E-state index contributed by atoms with van der Waals surface area (Å²) in [6.45, 7) is 4.98. The maximum atomic E-state index is 12.5. The topological polar surface area (TPSA) is 135 Å². The highest BCUT2D eigenvalue weighted by molar-refractivity contribution is 7.48. The summed E-state index contributed by atoms with van der Waals surface area (Å²) < 4.78 is 35.4. The van der Waals surface area contributed by atoms with Crippen LogP contribution in [0.25, 0.3) is 0 Å². The summed E-state index contributed by atoms with van der Waals surface area (Å²) in [5, 5.41) is 0. The maximum absolute atomic E-state index is 12.5. The second-order valence-electron chi connectivity index (χ2n) is 6.33.